The standard InChI is InChI=1S/C21H17F3N4O2/c1-2-16-19(11-3-5-12(22)6-4-11)20-26-21(30)17(28(20)27-16)10-18(29)25-13-7-8-14(23)15(24)9-13/h3-9,17H,2,10H2,1H3,(H,25,29)(H,26,30). The number of halogens is 3. The molecule has 2 N–H and O–H groups in total. The number of anilines is 2. The molecular weight excluding hydrogens is 397 g/mol. The van der Waals surface area contributed by atoms with E-state index < -0.39 is 29.5 Å². The number of aryl methyl sites for hydroxylation is 1. The minimum Gasteiger partial charge on any atom is -0.326 e. The lowest BCUT2D eigenvalue weighted by Gasteiger charge is -2.10. The van der Waals surface area contributed by atoms with E-state index in [9.17, 15) is 22.8 Å². The van der Waals surface area contributed by atoms with Crippen LogP contribution in [0.2, 0.25) is 0 Å². The molecule has 0 saturated carbocycles. The lowest BCUT2D eigenvalue weighted by molar-refractivity contribution is -0.123. The minimum absolute atomic E-state index is 0.0826. The van der Waals surface area contributed by atoms with Crippen molar-refractivity contribution in [2.45, 2.75) is 25.8 Å². The van der Waals surface area contributed by atoms with Crippen molar-refractivity contribution in [1.29, 1.82) is 0 Å². The monoisotopic (exact) mass is 414 g/mol. The molecule has 3 aromatic rings. The van der Waals surface area contributed by atoms with Gasteiger partial charge in [0.2, 0.25) is 5.91 Å². The van der Waals surface area contributed by atoms with Crippen LogP contribution in [0, 0.1) is 17.5 Å². The van der Waals surface area contributed by atoms with Crippen LogP contribution in [0.25, 0.3) is 11.1 Å². The van der Waals surface area contributed by atoms with E-state index in [2.05, 4.69) is 15.7 Å². The zero-order valence-corrected chi connectivity index (χ0v) is 15.9. The van der Waals surface area contributed by atoms with Gasteiger partial charge in [-0.3, -0.25) is 9.59 Å². The first-order valence-electron chi connectivity index (χ1n) is 9.30. The van der Waals surface area contributed by atoms with Crippen molar-refractivity contribution in [1.82, 2.24) is 9.78 Å². The molecule has 9 heteroatoms. The van der Waals surface area contributed by atoms with Gasteiger partial charge < -0.3 is 10.6 Å². The number of amides is 2. The molecule has 0 saturated heterocycles. The molecular formula is C21H17F3N4O2. The SMILES string of the molecule is CCc1nn2c(c1-c1ccc(F)cc1)NC(=O)C2CC(=O)Nc1ccc(F)c(F)c1. The summed E-state index contributed by atoms with van der Waals surface area (Å²) < 4.78 is 41.1. The van der Waals surface area contributed by atoms with E-state index in [4.69, 9.17) is 0 Å². The van der Waals surface area contributed by atoms with Gasteiger partial charge in [0, 0.05) is 17.3 Å². The molecule has 0 radical (unpaired) electrons. The van der Waals surface area contributed by atoms with Crippen LogP contribution >= 0.6 is 0 Å². The predicted molar refractivity (Wildman–Crippen MR) is 104 cm³/mol. The molecule has 154 valence electrons. The van der Waals surface area contributed by atoms with Crippen LogP contribution in [-0.4, -0.2) is 21.6 Å². The summed E-state index contributed by atoms with van der Waals surface area (Å²) in [7, 11) is 0. The molecule has 2 aromatic carbocycles. The zero-order valence-electron chi connectivity index (χ0n) is 15.9. The van der Waals surface area contributed by atoms with E-state index in [-0.39, 0.29) is 17.9 Å². The van der Waals surface area contributed by atoms with E-state index >= 15 is 0 Å². The van der Waals surface area contributed by atoms with Gasteiger partial charge in [0.25, 0.3) is 5.91 Å². The molecule has 1 aromatic heterocycles. The van der Waals surface area contributed by atoms with Crippen LogP contribution < -0.4 is 10.6 Å². The largest absolute Gasteiger partial charge is 0.326 e. The number of nitrogens with one attached hydrogen (secondary N) is 2. The first-order valence-corrected chi connectivity index (χ1v) is 9.30. The van der Waals surface area contributed by atoms with Crippen molar-refractivity contribution in [2.75, 3.05) is 10.6 Å². The first kappa shape index (κ1) is 19.7. The third-order valence-electron chi connectivity index (χ3n) is 4.87. The maximum Gasteiger partial charge on any atom is 0.251 e. The summed E-state index contributed by atoms with van der Waals surface area (Å²) in [6.45, 7) is 1.90. The number of carbonyl (C=O) groups excluding carboxylic acids is 2. The number of benzene rings is 2. The molecule has 2 amide bonds. The summed E-state index contributed by atoms with van der Waals surface area (Å²) in [6, 6.07) is 7.94. The summed E-state index contributed by atoms with van der Waals surface area (Å²) >= 11 is 0. The molecule has 1 unspecified atom stereocenters. The highest BCUT2D eigenvalue weighted by Gasteiger charge is 2.36. The second kappa shape index (κ2) is 7.66. The Morgan fingerprint density at radius 1 is 1.13 bits per heavy atom. The van der Waals surface area contributed by atoms with Crippen molar-refractivity contribution >= 4 is 23.3 Å². The number of hydrogen-bond acceptors (Lipinski definition) is 3. The molecule has 6 nitrogen and oxygen atoms in total. The summed E-state index contributed by atoms with van der Waals surface area (Å²) in [4.78, 5) is 24.9. The molecule has 1 atom stereocenters. The Morgan fingerprint density at radius 3 is 2.53 bits per heavy atom. The fourth-order valence-corrected chi connectivity index (χ4v) is 3.45. The Hall–Kier alpha value is -3.62. The first-order chi connectivity index (χ1) is 14.4. The Bertz CT molecular complexity index is 1140. The van der Waals surface area contributed by atoms with Crippen LogP contribution in [0.5, 0.6) is 0 Å². The fraction of sp³-hybridized carbons (Fsp3) is 0.190. The Morgan fingerprint density at radius 2 is 1.87 bits per heavy atom. The normalized spacial score (nSPS) is 15.1. The number of rotatable bonds is 5. The molecule has 0 bridgehead atoms. The van der Waals surface area contributed by atoms with Gasteiger partial charge in [0.1, 0.15) is 17.7 Å². The quantitative estimate of drug-likeness (QED) is 0.661. The highest BCUT2D eigenvalue weighted by Crippen LogP contribution is 2.38. The van der Waals surface area contributed by atoms with E-state index in [0.717, 1.165) is 12.1 Å². The average molecular weight is 414 g/mol. The minimum atomic E-state index is -1.09. The van der Waals surface area contributed by atoms with Crippen LogP contribution in [0.1, 0.15) is 25.1 Å². The lowest BCUT2D eigenvalue weighted by Crippen LogP contribution is -2.24. The average Bonchev–Trinajstić information content (AvgIpc) is 3.21. The predicted octanol–water partition coefficient (Wildman–Crippen LogP) is 4.05. The van der Waals surface area contributed by atoms with Gasteiger partial charge in [-0.25, -0.2) is 17.9 Å². The topological polar surface area (TPSA) is 76.0 Å². The van der Waals surface area contributed by atoms with Gasteiger partial charge in [-0.05, 0) is 36.2 Å². The van der Waals surface area contributed by atoms with Gasteiger partial charge in [-0.15, -0.1) is 0 Å². The van der Waals surface area contributed by atoms with E-state index in [1.54, 1.807) is 12.1 Å². The number of aromatic nitrogens is 2. The summed E-state index contributed by atoms with van der Waals surface area (Å²) in [6.07, 6.45) is 0.321. The third-order valence-corrected chi connectivity index (χ3v) is 4.87. The molecule has 1 aliphatic rings. The highest BCUT2D eigenvalue weighted by atomic mass is 19.2. The van der Waals surface area contributed by atoms with Crippen LogP contribution in [-0.2, 0) is 16.0 Å². The Labute approximate surface area is 169 Å². The Kier molecular flexibility index (Phi) is 5.03. The number of carbonyl (C=O) groups is 2. The van der Waals surface area contributed by atoms with Crippen molar-refractivity contribution in [2.24, 2.45) is 0 Å². The van der Waals surface area contributed by atoms with Crippen molar-refractivity contribution < 1.29 is 22.8 Å². The van der Waals surface area contributed by atoms with Gasteiger partial charge in [0.05, 0.1) is 12.1 Å². The number of fused-ring (bicyclic) bond motifs is 1. The zero-order chi connectivity index (χ0) is 21.4. The lowest BCUT2D eigenvalue weighted by atomic mass is 10.0. The van der Waals surface area contributed by atoms with Crippen LogP contribution in [0.4, 0.5) is 24.7 Å². The summed E-state index contributed by atoms with van der Waals surface area (Å²) in [5, 5.41) is 9.68. The molecule has 0 fully saturated rings. The molecule has 1 aliphatic heterocycles. The maximum atomic E-state index is 13.3. The number of nitrogens with zero attached hydrogens (tertiary/aromatic N) is 2. The fourth-order valence-electron chi connectivity index (χ4n) is 3.45. The maximum absolute atomic E-state index is 13.3. The van der Waals surface area contributed by atoms with Crippen molar-refractivity contribution in [3.63, 3.8) is 0 Å². The smallest absolute Gasteiger partial charge is 0.251 e. The number of hydrogen-bond donors (Lipinski definition) is 2. The highest BCUT2D eigenvalue weighted by molar-refractivity contribution is 6.04. The van der Waals surface area contributed by atoms with E-state index in [1.807, 2.05) is 6.92 Å². The van der Waals surface area contributed by atoms with Gasteiger partial charge >= 0.3 is 0 Å². The third kappa shape index (κ3) is 3.54. The van der Waals surface area contributed by atoms with Crippen molar-refractivity contribution in [3.05, 3.63) is 65.6 Å². The molecule has 0 aliphatic carbocycles. The van der Waals surface area contributed by atoms with E-state index in [0.29, 0.717) is 29.1 Å². The van der Waals surface area contributed by atoms with Gasteiger partial charge in [-0.1, -0.05) is 19.1 Å². The van der Waals surface area contributed by atoms with Crippen LogP contribution in [0.3, 0.4) is 0 Å². The van der Waals surface area contributed by atoms with Gasteiger partial charge in [0.15, 0.2) is 11.6 Å². The van der Waals surface area contributed by atoms with Crippen LogP contribution in [0.15, 0.2) is 42.5 Å². The summed E-state index contributed by atoms with van der Waals surface area (Å²) in [5.41, 5.74) is 2.15. The molecule has 2 heterocycles. The molecule has 4 rings (SSSR count). The second-order valence-corrected chi connectivity index (χ2v) is 6.86. The summed E-state index contributed by atoms with van der Waals surface area (Å²) in [5.74, 6) is -3.01. The Balaban J connectivity index is 1.60. The van der Waals surface area contributed by atoms with Crippen molar-refractivity contribution in [3.8, 4) is 11.1 Å². The van der Waals surface area contributed by atoms with E-state index in [1.165, 1.54) is 22.9 Å². The molecule has 0 spiro atoms. The molecule has 30 heavy (non-hydrogen) atoms. The second-order valence-electron chi connectivity index (χ2n) is 6.86. The van der Waals surface area contributed by atoms with Gasteiger partial charge in [-0.2, -0.15) is 5.10 Å².